The number of hydrogen-bond donors (Lipinski definition) is 0. The number of nitrogens with zero attached hydrogens (tertiary/aromatic N) is 4. The Labute approximate surface area is 134 Å². The fourth-order valence-corrected chi connectivity index (χ4v) is 2.66. The van der Waals surface area contributed by atoms with Crippen molar-refractivity contribution in [1.82, 2.24) is 19.9 Å². The first-order chi connectivity index (χ1) is 11.3. The highest BCUT2D eigenvalue weighted by molar-refractivity contribution is 5.94. The molecule has 0 N–H and O–H groups in total. The van der Waals surface area contributed by atoms with Gasteiger partial charge in [-0.3, -0.25) is 9.78 Å². The van der Waals surface area contributed by atoms with Gasteiger partial charge in [0, 0.05) is 36.6 Å². The van der Waals surface area contributed by atoms with Gasteiger partial charge in [0.2, 0.25) is 0 Å². The molecule has 1 fully saturated rings. The molecule has 1 aliphatic carbocycles. The van der Waals surface area contributed by atoms with Gasteiger partial charge in [-0.25, -0.2) is 9.97 Å². The highest BCUT2D eigenvalue weighted by Gasteiger charge is 2.33. The minimum absolute atomic E-state index is 0.0307. The molecule has 23 heavy (non-hydrogen) atoms. The second-order valence-electron chi connectivity index (χ2n) is 5.77. The molecule has 3 aromatic heterocycles. The summed E-state index contributed by atoms with van der Waals surface area (Å²) in [5.41, 5.74) is 2.15. The SMILES string of the molecule is O=C(c1ccc2cccnc2n1)N(Cc1ccncc1)C1CC1. The van der Waals surface area contributed by atoms with Crippen molar-refractivity contribution in [3.63, 3.8) is 0 Å². The number of carbonyl (C=O) groups excluding carboxylic acids is 1. The Kier molecular flexibility index (Phi) is 3.46. The van der Waals surface area contributed by atoms with E-state index in [2.05, 4.69) is 15.0 Å². The average molecular weight is 304 g/mol. The van der Waals surface area contributed by atoms with E-state index in [1.807, 2.05) is 35.2 Å². The summed E-state index contributed by atoms with van der Waals surface area (Å²) >= 11 is 0. The van der Waals surface area contributed by atoms with Gasteiger partial charge in [0.25, 0.3) is 5.91 Å². The molecule has 5 nitrogen and oxygen atoms in total. The van der Waals surface area contributed by atoms with Crippen LogP contribution in [0.2, 0.25) is 0 Å². The van der Waals surface area contributed by atoms with Crippen molar-refractivity contribution in [3.8, 4) is 0 Å². The first-order valence-corrected chi connectivity index (χ1v) is 7.73. The van der Waals surface area contributed by atoms with E-state index >= 15 is 0 Å². The van der Waals surface area contributed by atoms with Gasteiger partial charge in [0.15, 0.2) is 5.65 Å². The Morgan fingerprint density at radius 1 is 1.09 bits per heavy atom. The zero-order valence-corrected chi connectivity index (χ0v) is 12.6. The van der Waals surface area contributed by atoms with E-state index in [1.54, 1.807) is 24.7 Å². The molecule has 0 aliphatic heterocycles. The summed E-state index contributed by atoms with van der Waals surface area (Å²) in [7, 11) is 0. The van der Waals surface area contributed by atoms with Crippen LogP contribution < -0.4 is 0 Å². The predicted molar refractivity (Wildman–Crippen MR) is 86.7 cm³/mol. The van der Waals surface area contributed by atoms with Gasteiger partial charge in [0.1, 0.15) is 5.69 Å². The fourth-order valence-electron chi connectivity index (χ4n) is 2.66. The molecule has 0 aromatic carbocycles. The number of amides is 1. The number of fused-ring (bicyclic) bond motifs is 1. The summed E-state index contributed by atoms with van der Waals surface area (Å²) in [6.45, 7) is 0.591. The summed E-state index contributed by atoms with van der Waals surface area (Å²) in [5, 5.41) is 0.941. The highest BCUT2D eigenvalue weighted by Crippen LogP contribution is 2.29. The smallest absolute Gasteiger partial charge is 0.273 e. The lowest BCUT2D eigenvalue weighted by Crippen LogP contribution is -2.33. The largest absolute Gasteiger partial charge is 0.330 e. The number of aromatic nitrogens is 3. The lowest BCUT2D eigenvalue weighted by Gasteiger charge is -2.22. The lowest BCUT2D eigenvalue weighted by molar-refractivity contribution is 0.0724. The third-order valence-corrected chi connectivity index (χ3v) is 4.03. The molecule has 0 radical (unpaired) electrons. The summed E-state index contributed by atoms with van der Waals surface area (Å²) < 4.78 is 0. The molecular formula is C18H16N4O. The van der Waals surface area contributed by atoms with Crippen LogP contribution in [-0.4, -0.2) is 31.8 Å². The molecule has 1 saturated carbocycles. The van der Waals surface area contributed by atoms with Crippen LogP contribution in [0.5, 0.6) is 0 Å². The number of rotatable bonds is 4. The summed E-state index contributed by atoms with van der Waals surface area (Å²) in [6, 6.07) is 11.7. The second kappa shape index (κ2) is 5.76. The van der Waals surface area contributed by atoms with Crippen molar-refractivity contribution in [3.05, 3.63) is 66.2 Å². The Balaban J connectivity index is 1.63. The van der Waals surface area contributed by atoms with Crippen LogP contribution in [0.4, 0.5) is 0 Å². The van der Waals surface area contributed by atoms with Crippen molar-refractivity contribution < 1.29 is 4.79 Å². The van der Waals surface area contributed by atoms with Crippen LogP contribution in [0.25, 0.3) is 11.0 Å². The predicted octanol–water partition coefficient (Wildman–Crippen LogP) is 2.83. The summed E-state index contributed by atoms with van der Waals surface area (Å²) in [4.78, 5) is 27.5. The van der Waals surface area contributed by atoms with E-state index in [0.29, 0.717) is 23.9 Å². The minimum atomic E-state index is -0.0307. The molecule has 114 valence electrons. The Morgan fingerprint density at radius 2 is 1.91 bits per heavy atom. The van der Waals surface area contributed by atoms with Crippen LogP contribution in [0, 0.1) is 0 Å². The molecule has 0 atom stereocenters. The van der Waals surface area contributed by atoms with E-state index in [1.165, 1.54) is 0 Å². The van der Waals surface area contributed by atoms with Gasteiger partial charge < -0.3 is 4.90 Å². The fraction of sp³-hybridized carbons (Fsp3) is 0.222. The molecule has 0 bridgehead atoms. The highest BCUT2D eigenvalue weighted by atomic mass is 16.2. The normalized spacial score (nSPS) is 13.9. The monoisotopic (exact) mass is 304 g/mol. The van der Waals surface area contributed by atoms with E-state index in [-0.39, 0.29) is 5.91 Å². The lowest BCUT2D eigenvalue weighted by atomic mass is 10.2. The Bertz CT molecular complexity index is 846. The molecule has 0 spiro atoms. The van der Waals surface area contributed by atoms with Crippen molar-refractivity contribution in [2.75, 3.05) is 0 Å². The van der Waals surface area contributed by atoms with E-state index in [9.17, 15) is 4.79 Å². The van der Waals surface area contributed by atoms with Gasteiger partial charge in [-0.15, -0.1) is 0 Å². The molecule has 1 amide bonds. The van der Waals surface area contributed by atoms with Crippen molar-refractivity contribution in [1.29, 1.82) is 0 Å². The Hall–Kier alpha value is -2.82. The summed E-state index contributed by atoms with van der Waals surface area (Å²) in [6.07, 6.45) is 7.32. The number of pyridine rings is 3. The summed E-state index contributed by atoms with van der Waals surface area (Å²) in [5.74, 6) is -0.0307. The third kappa shape index (κ3) is 2.90. The minimum Gasteiger partial charge on any atom is -0.330 e. The van der Waals surface area contributed by atoms with Gasteiger partial charge in [0.05, 0.1) is 0 Å². The van der Waals surface area contributed by atoms with E-state index in [4.69, 9.17) is 0 Å². The van der Waals surface area contributed by atoms with Crippen LogP contribution in [0.1, 0.15) is 28.9 Å². The maximum absolute atomic E-state index is 12.9. The van der Waals surface area contributed by atoms with Crippen molar-refractivity contribution in [2.45, 2.75) is 25.4 Å². The molecule has 5 heteroatoms. The van der Waals surface area contributed by atoms with Crippen molar-refractivity contribution >= 4 is 16.9 Å². The number of hydrogen-bond acceptors (Lipinski definition) is 4. The molecule has 3 heterocycles. The number of carbonyl (C=O) groups is 1. The van der Waals surface area contributed by atoms with Gasteiger partial charge in [-0.2, -0.15) is 0 Å². The first kappa shape index (κ1) is 13.8. The van der Waals surface area contributed by atoms with Crippen LogP contribution in [0.15, 0.2) is 55.0 Å². The van der Waals surface area contributed by atoms with E-state index in [0.717, 1.165) is 23.8 Å². The van der Waals surface area contributed by atoms with Gasteiger partial charge >= 0.3 is 0 Å². The zero-order chi connectivity index (χ0) is 15.6. The maximum Gasteiger partial charge on any atom is 0.273 e. The maximum atomic E-state index is 12.9. The average Bonchev–Trinajstić information content (AvgIpc) is 3.44. The standard InChI is InChI=1S/C18H16N4O/c23-18(16-6-3-14-2-1-9-20-17(14)21-16)22(15-4-5-15)12-13-7-10-19-11-8-13/h1-3,6-11,15H,4-5,12H2. The van der Waals surface area contributed by atoms with Crippen LogP contribution >= 0.6 is 0 Å². The second-order valence-corrected chi connectivity index (χ2v) is 5.77. The third-order valence-electron chi connectivity index (χ3n) is 4.03. The Morgan fingerprint density at radius 3 is 2.70 bits per heavy atom. The van der Waals surface area contributed by atoms with Crippen LogP contribution in [-0.2, 0) is 6.54 Å². The molecule has 0 unspecified atom stereocenters. The molecule has 4 rings (SSSR count). The van der Waals surface area contributed by atoms with Crippen molar-refractivity contribution in [2.24, 2.45) is 0 Å². The molecule has 3 aromatic rings. The van der Waals surface area contributed by atoms with Gasteiger partial charge in [-0.05, 0) is 54.8 Å². The van der Waals surface area contributed by atoms with E-state index < -0.39 is 0 Å². The van der Waals surface area contributed by atoms with Gasteiger partial charge in [-0.1, -0.05) is 0 Å². The molecular weight excluding hydrogens is 288 g/mol. The quantitative estimate of drug-likeness (QED) is 0.743. The van der Waals surface area contributed by atoms with Crippen LogP contribution in [0.3, 0.4) is 0 Å². The molecule has 1 aliphatic rings. The topological polar surface area (TPSA) is 59.0 Å². The first-order valence-electron chi connectivity index (χ1n) is 7.73. The molecule has 0 saturated heterocycles. The zero-order valence-electron chi connectivity index (χ0n) is 12.6.